The molecule has 6 nitrogen and oxygen atoms in total. The minimum Gasteiger partial charge on any atom is -0.325 e. The van der Waals surface area contributed by atoms with Gasteiger partial charge in [-0.25, -0.2) is 8.42 Å². The quantitative estimate of drug-likeness (QED) is 0.811. The van der Waals surface area contributed by atoms with Gasteiger partial charge in [0.1, 0.15) is 0 Å². The summed E-state index contributed by atoms with van der Waals surface area (Å²) in [6.45, 7) is 4.05. The van der Waals surface area contributed by atoms with Crippen LogP contribution in [0.15, 0.2) is 60.0 Å². The van der Waals surface area contributed by atoms with Crippen LogP contribution in [0.3, 0.4) is 0 Å². The number of amides is 1. The van der Waals surface area contributed by atoms with Crippen LogP contribution in [0.25, 0.3) is 6.08 Å². The molecule has 28 heavy (non-hydrogen) atoms. The monoisotopic (exact) mass is 399 g/mol. The molecular formula is C21H25N3O3S. The predicted molar refractivity (Wildman–Crippen MR) is 112 cm³/mol. The topological polar surface area (TPSA) is 69.7 Å². The summed E-state index contributed by atoms with van der Waals surface area (Å²) in [6, 6.07) is 17.0. The Balaban J connectivity index is 1.49. The molecule has 1 fully saturated rings. The normalized spacial score (nSPS) is 16.3. The first-order valence-corrected chi connectivity index (χ1v) is 10.7. The zero-order chi connectivity index (χ0) is 20.0. The first kappa shape index (κ1) is 20.3. The molecule has 0 spiro atoms. The van der Waals surface area contributed by atoms with Crippen LogP contribution in [0, 0.1) is 6.92 Å². The van der Waals surface area contributed by atoms with Crippen LogP contribution >= 0.6 is 0 Å². The Hall–Kier alpha value is -2.48. The zero-order valence-electron chi connectivity index (χ0n) is 15.9. The van der Waals surface area contributed by atoms with Crippen LogP contribution in [0.2, 0.25) is 0 Å². The van der Waals surface area contributed by atoms with Crippen molar-refractivity contribution in [2.24, 2.45) is 0 Å². The van der Waals surface area contributed by atoms with E-state index in [1.807, 2.05) is 66.4 Å². The van der Waals surface area contributed by atoms with Gasteiger partial charge in [0.25, 0.3) is 0 Å². The van der Waals surface area contributed by atoms with Crippen LogP contribution in [0.4, 0.5) is 5.69 Å². The summed E-state index contributed by atoms with van der Waals surface area (Å²) in [5, 5.41) is 4.12. The summed E-state index contributed by atoms with van der Waals surface area (Å²) in [5.41, 5.74) is 2.75. The molecular weight excluding hydrogens is 374 g/mol. The molecule has 0 unspecified atom stereocenters. The van der Waals surface area contributed by atoms with Crippen molar-refractivity contribution < 1.29 is 13.2 Å². The van der Waals surface area contributed by atoms with Crippen molar-refractivity contribution in [3.05, 3.63) is 71.1 Å². The van der Waals surface area contributed by atoms with Crippen molar-refractivity contribution in [1.82, 2.24) is 9.21 Å². The molecule has 1 amide bonds. The molecule has 1 aliphatic rings. The van der Waals surface area contributed by atoms with E-state index in [1.165, 1.54) is 9.71 Å². The van der Waals surface area contributed by atoms with E-state index < -0.39 is 10.0 Å². The van der Waals surface area contributed by atoms with Crippen molar-refractivity contribution in [3.63, 3.8) is 0 Å². The molecule has 1 heterocycles. The lowest BCUT2D eigenvalue weighted by Crippen LogP contribution is -2.49. The van der Waals surface area contributed by atoms with Crippen LogP contribution in [0.5, 0.6) is 0 Å². The minimum atomic E-state index is -3.46. The summed E-state index contributed by atoms with van der Waals surface area (Å²) in [5.74, 6) is -0.0934. The summed E-state index contributed by atoms with van der Waals surface area (Å²) >= 11 is 0. The highest BCUT2D eigenvalue weighted by Crippen LogP contribution is 2.12. The van der Waals surface area contributed by atoms with E-state index in [0.29, 0.717) is 26.2 Å². The van der Waals surface area contributed by atoms with Gasteiger partial charge in [0.2, 0.25) is 15.9 Å². The van der Waals surface area contributed by atoms with Gasteiger partial charge >= 0.3 is 0 Å². The first-order chi connectivity index (χ1) is 13.4. The van der Waals surface area contributed by atoms with E-state index in [2.05, 4.69) is 5.32 Å². The van der Waals surface area contributed by atoms with E-state index in [0.717, 1.165) is 16.8 Å². The first-order valence-electron chi connectivity index (χ1n) is 9.24. The van der Waals surface area contributed by atoms with Gasteiger partial charge in [-0.1, -0.05) is 48.0 Å². The Morgan fingerprint density at radius 3 is 2.29 bits per heavy atom. The molecule has 1 N–H and O–H groups in total. The second-order valence-corrected chi connectivity index (χ2v) is 8.67. The smallest absolute Gasteiger partial charge is 0.238 e. The number of anilines is 1. The Bertz CT molecular complexity index is 917. The van der Waals surface area contributed by atoms with Gasteiger partial charge in [-0.2, -0.15) is 4.31 Å². The number of carbonyl (C=O) groups excluding carboxylic acids is 1. The Morgan fingerprint density at radius 1 is 1.00 bits per heavy atom. The van der Waals surface area contributed by atoms with Gasteiger partial charge in [-0.3, -0.25) is 9.69 Å². The number of piperazine rings is 1. The average molecular weight is 400 g/mol. The van der Waals surface area contributed by atoms with Crippen molar-refractivity contribution in [2.45, 2.75) is 6.92 Å². The summed E-state index contributed by atoms with van der Waals surface area (Å²) in [6.07, 6.45) is 1.61. The summed E-state index contributed by atoms with van der Waals surface area (Å²) in [4.78, 5) is 14.2. The highest BCUT2D eigenvalue weighted by molar-refractivity contribution is 7.92. The van der Waals surface area contributed by atoms with Crippen molar-refractivity contribution in [1.29, 1.82) is 0 Å². The van der Waals surface area contributed by atoms with E-state index in [1.54, 1.807) is 6.08 Å². The predicted octanol–water partition coefficient (Wildman–Crippen LogP) is 2.55. The lowest BCUT2D eigenvalue weighted by atomic mass is 10.2. The SMILES string of the molecule is Cc1ccc(NC(=O)CN2CCN(S(=O)(=O)C=Cc3ccccc3)CC2)cc1. The molecule has 148 valence electrons. The molecule has 0 aliphatic carbocycles. The Kier molecular flexibility index (Phi) is 6.61. The molecule has 2 aromatic rings. The second kappa shape index (κ2) is 9.14. The number of rotatable bonds is 6. The fourth-order valence-corrected chi connectivity index (χ4v) is 4.17. The second-order valence-electron chi connectivity index (χ2n) is 6.85. The van der Waals surface area contributed by atoms with Crippen molar-refractivity contribution in [2.75, 3.05) is 38.0 Å². The fraction of sp³-hybridized carbons (Fsp3) is 0.286. The van der Waals surface area contributed by atoms with Crippen LogP contribution < -0.4 is 5.32 Å². The lowest BCUT2D eigenvalue weighted by molar-refractivity contribution is -0.117. The van der Waals surface area contributed by atoms with Gasteiger partial charge < -0.3 is 5.32 Å². The number of aryl methyl sites for hydroxylation is 1. The molecule has 1 saturated heterocycles. The maximum atomic E-state index is 12.5. The third-order valence-electron chi connectivity index (χ3n) is 4.63. The highest BCUT2D eigenvalue weighted by atomic mass is 32.2. The molecule has 0 saturated carbocycles. The van der Waals surface area contributed by atoms with Crippen molar-refractivity contribution >= 4 is 27.7 Å². The number of hydrogen-bond acceptors (Lipinski definition) is 4. The third kappa shape index (κ3) is 5.76. The van der Waals surface area contributed by atoms with E-state index >= 15 is 0 Å². The summed E-state index contributed by atoms with van der Waals surface area (Å²) < 4.78 is 26.5. The minimum absolute atomic E-state index is 0.0934. The molecule has 3 rings (SSSR count). The number of sulfonamides is 1. The van der Waals surface area contributed by atoms with Crippen LogP contribution in [0.1, 0.15) is 11.1 Å². The number of benzene rings is 2. The Labute approximate surface area is 166 Å². The van der Waals surface area contributed by atoms with Gasteiger partial charge in [0, 0.05) is 37.3 Å². The van der Waals surface area contributed by atoms with Gasteiger partial charge in [-0.15, -0.1) is 0 Å². The number of carbonyl (C=O) groups is 1. The lowest BCUT2D eigenvalue weighted by Gasteiger charge is -2.32. The molecule has 1 aliphatic heterocycles. The van der Waals surface area contributed by atoms with E-state index in [4.69, 9.17) is 0 Å². The number of nitrogens with one attached hydrogen (secondary N) is 1. The maximum absolute atomic E-state index is 12.5. The zero-order valence-corrected chi connectivity index (χ0v) is 16.7. The number of hydrogen-bond donors (Lipinski definition) is 1. The average Bonchev–Trinajstić information content (AvgIpc) is 2.69. The van der Waals surface area contributed by atoms with Crippen molar-refractivity contribution in [3.8, 4) is 0 Å². The van der Waals surface area contributed by atoms with Gasteiger partial charge in [-0.05, 0) is 30.7 Å². The molecule has 0 radical (unpaired) electrons. The molecule has 7 heteroatoms. The fourth-order valence-electron chi connectivity index (χ4n) is 3.00. The Morgan fingerprint density at radius 2 is 1.64 bits per heavy atom. The van der Waals surface area contributed by atoms with Gasteiger partial charge in [0.15, 0.2) is 0 Å². The van der Waals surface area contributed by atoms with Gasteiger partial charge in [0.05, 0.1) is 6.54 Å². The molecule has 2 aromatic carbocycles. The van der Waals surface area contributed by atoms with Crippen LogP contribution in [-0.4, -0.2) is 56.3 Å². The number of nitrogens with zero attached hydrogens (tertiary/aromatic N) is 2. The highest BCUT2D eigenvalue weighted by Gasteiger charge is 2.25. The third-order valence-corrected chi connectivity index (χ3v) is 6.19. The maximum Gasteiger partial charge on any atom is 0.238 e. The molecule has 0 bridgehead atoms. The van der Waals surface area contributed by atoms with Crippen LogP contribution in [-0.2, 0) is 14.8 Å². The molecule has 0 atom stereocenters. The molecule has 0 aromatic heterocycles. The van der Waals surface area contributed by atoms with E-state index in [9.17, 15) is 13.2 Å². The summed E-state index contributed by atoms with van der Waals surface area (Å²) in [7, 11) is -3.46. The van der Waals surface area contributed by atoms with E-state index in [-0.39, 0.29) is 12.5 Å². The largest absolute Gasteiger partial charge is 0.325 e. The standard InChI is InChI=1S/C21H25N3O3S/c1-18-7-9-20(10-8-18)22-21(25)17-23-12-14-24(15-13-23)28(26,27)16-11-19-5-3-2-4-6-19/h2-11,16H,12-15,17H2,1H3,(H,22,25).